The third kappa shape index (κ3) is 2.73. The molecule has 0 atom stereocenters. The number of halogens is 3. The average molecular weight is 275 g/mol. The Morgan fingerprint density at radius 1 is 1.33 bits per heavy atom. The van der Waals surface area contributed by atoms with E-state index in [0.717, 1.165) is 17.0 Å². The van der Waals surface area contributed by atoms with Crippen molar-refractivity contribution in [1.29, 1.82) is 0 Å². The number of thiazole rings is 1. The minimum atomic E-state index is -4.84. The van der Waals surface area contributed by atoms with Crippen LogP contribution in [0, 0.1) is 6.92 Å². The number of hydrogen-bond donors (Lipinski definition) is 1. The van der Waals surface area contributed by atoms with E-state index in [1.54, 1.807) is 5.51 Å². The van der Waals surface area contributed by atoms with Gasteiger partial charge in [-0.2, -0.15) is 0 Å². The number of phenols is 1. The molecule has 0 aliphatic heterocycles. The number of hydrogen-bond acceptors (Lipinski definition) is 4. The van der Waals surface area contributed by atoms with E-state index in [2.05, 4.69) is 9.72 Å². The molecule has 1 N–H and O–H groups in total. The van der Waals surface area contributed by atoms with Crippen LogP contribution in [0.3, 0.4) is 0 Å². The Morgan fingerprint density at radius 3 is 2.61 bits per heavy atom. The van der Waals surface area contributed by atoms with Gasteiger partial charge in [0.1, 0.15) is 0 Å². The highest BCUT2D eigenvalue weighted by molar-refractivity contribution is 7.10. The van der Waals surface area contributed by atoms with Crippen LogP contribution in [-0.2, 0) is 0 Å². The minimum Gasteiger partial charge on any atom is -0.504 e. The highest BCUT2D eigenvalue weighted by Crippen LogP contribution is 2.36. The van der Waals surface area contributed by atoms with Crippen molar-refractivity contribution in [1.82, 2.24) is 4.98 Å². The van der Waals surface area contributed by atoms with Crippen LogP contribution < -0.4 is 4.74 Å². The van der Waals surface area contributed by atoms with Crippen molar-refractivity contribution in [3.63, 3.8) is 0 Å². The average Bonchev–Trinajstić information content (AvgIpc) is 2.66. The zero-order chi connectivity index (χ0) is 13.3. The van der Waals surface area contributed by atoms with Crippen LogP contribution in [0.4, 0.5) is 13.2 Å². The van der Waals surface area contributed by atoms with Crippen molar-refractivity contribution in [2.45, 2.75) is 13.3 Å². The second-order valence-electron chi connectivity index (χ2n) is 3.49. The van der Waals surface area contributed by atoms with E-state index < -0.39 is 17.9 Å². The predicted octanol–water partition coefficient (Wildman–Crippen LogP) is 3.72. The number of benzene rings is 1. The molecule has 0 fully saturated rings. The van der Waals surface area contributed by atoms with Gasteiger partial charge < -0.3 is 9.84 Å². The Balaban J connectivity index is 2.41. The van der Waals surface area contributed by atoms with Gasteiger partial charge in [-0.25, -0.2) is 4.98 Å². The molecule has 0 spiro atoms. The zero-order valence-electron chi connectivity index (χ0n) is 9.15. The van der Waals surface area contributed by atoms with Crippen LogP contribution in [0.15, 0.2) is 23.7 Å². The lowest BCUT2D eigenvalue weighted by atomic mass is 10.1. The maximum Gasteiger partial charge on any atom is 0.573 e. The Bertz CT molecular complexity index is 566. The van der Waals surface area contributed by atoms with Gasteiger partial charge >= 0.3 is 6.36 Å². The fraction of sp³-hybridized carbons (Fsp3) is 0.182. The first-order valence-electron chi connectivity index (χ1n) is 4.86. The Morgan fingerprint density at radius 2 is 2.06 bits per heavy atom. The van der Waals surface area contributed by atoms with Crippen molar-refractivity contribution in [2.24, 2.45) is 0 Å². The number of aromatic nitrogens is 1. The summed E-state index contributed by atoms with van der Waals surface area (Å²) in [5.74, 6) is -1.20. The monoisotopic (exact) mass is 275 g/mol. The molecule has 18 heavy (non-hydrogen) atoms. The number of nitrogens with zero attached hydrogens (tertiary/aromatic N) is 1. The molecule has 0 radical (unpaired) electrons. The van der Waals surface area contributed by atoms with E-state index in [9.17, 15) is 18.3 Å². The molecule has 2 rings (SSSR count). The first-order chi connectivity index (χ1) is 8.37. The standard InChI is InChI=1S/C11H8F3NO2S/c1-6-10(15-5-18-6)7-2-3-8(16)9(4-7)17-11(12,13)14/h2-5,16H,1H3. The second kappa shape index (κ2) is 4.49. The van der Waals surface area contributed by atoms with Crippen molar-refractivity contribution in [2.75, 3.05) is 0 Å². The molecular weight excluding hydrogens is 267 g/mol. The molecular formula is C11H8F3NO2S. The maximum absolute atomic E-state index is 12.1. The van der Waals surface area contributed by atoms with Gasteiger partial charge in [0.05, 0.1) is 11.2 Å². The SMILES string of the molecule is Cc1scnc1-c1ccc(O)c(OC(F)(F)F)c1. The van der Waals surface area contributed by atoms with Crippen molar-refractivity contribution in [3.8, 4) is 22.8 Å². The van der Waals surface area contributed by atoms with Crippen LogP contribution in [0.2, 0.25) is 0 Å². The molecule has 0 aliphatic carbocycles. The fourth-order valence-corrected chi connectivity index (χ4v) is 2.05. The van der Waals surface area contributed by atoms with Crippen molar-refractivity contribution >= 4 is 11.3 Å². The number of aryl methyl sites for hydroxylation is 1. The summed E-state index contributed by atoms with van der Waals surface area (Å²) < 4.78 is 40.1. The first kappa shape index (κ1) is 12.7. The van der Waals surface area contributed by atoms with E-state index in [-0.39, 0.29) is 0 Å². The third-order valence-electron chi connectivity index (χ3n) is 2.20. The van der Waals surface area contributed by atoms with Crippen molar-refractivity contribution in [3.05, 3.63) is 28.6 Å². The summed E-state index contributed by atoms with van der Waals surface area (Å²) >= 11 is 1.39. The van der Waals surface area contributed by atoms with Gasteiger partial charge in [-0.3, -0.25) is 0 Å². The molecule has 0 unspecified atom stereocenters. The zero-order valence-corrected chi connectivity index (χ0v) is 9.97. The number of ether oxygens (including phenoxy) is 1. The first-order valence-corrected chi connectivity index (χ1v) is 5.74. The van der Waals surface area contributed by atoms with Crippen LogP contribution in [-0.4, -0.2) is 16.5 Å². The lowest BCUT2D eigenvalue weighted by molar-refractivity contribution is -0.275. The fourth-order valence-electron chi connectivity index (χ4n) is 1.45. The summed E-state index contributed by atoms with van der Waals surface area (Å²) in [6.07, 6.45) is -4.84. The Hall–Kier alpha value is -1.76. The van der Waals surface area contributed by atoms with Crippen LogP contribution in [0.5, 0.6) is 11.5 Å². The summed E-state index contributed by atoms with van der Waals surface area (Å²) in [6.45, 7) is 1.81. The minimum absolute atomic E-state index is 0.464. The smallest absolute Gasteiger partial charge is 0.504 e. The molecule has 96 valence electrons. The molecule has 1 heterocycles. The predicted molar refractivity (Wildman–Crippen MR) is 60.6 cm³/mol. The van der Waals surface area contributed by atoms with Gasteiger partial charge in [0.15, 0.2) is 11.5 Å². The topological polar surface area (TPSA) is 42.4 Å². The quantitative estimate of drug-likeness (QED) is 0.908. The largest absolute Gasteiger partial charge is 0.573 e. The molecule has 0 bridgehead atoms. The lowest BCUT2D eigenvalue weighted by Crippen LogP contribution is -2.17. The summed E-state index contributed by atoms with van der Waals surface area (Å²) in [5, 5.41) is 9.32. The van der Waals surface area contributed by atoms with E-state index >= 15 is 0 Å². The van der Waals surface area contributed by atoms with E-state index in [4.69, 9.17) is 0 Å². The van der Waals surface area contributed by atoms with Gasteiger partial charge in [-0.15, -0.1) is 24.5 Å². The van der Waals surface area contributed by atoms with Gasteiger partial charge in [0.25, 0.3) is 0 Å². The molecule has 7 heteroatoms. The maximum atomic E-state index is 12.1. The number of phenolic OH excluding ortho intramolecular Hbond substituents is 1. The molecule has 0 aliphatic rings. The summed E-state index contributed by atoms with van der Waals surface area (Å²) in [5.41, 5.74) is 2.64. The summed E-state index contributed by atoms with van der Waals surface area (Å²) in [7, 11) is 0. The van der Waals surface area contributed by atoms with Gasteiger partial charge in [-0.1, -0.05) is 0 Å². The van der Waals surface area contributed by atoms with Crippen LogP contribution in [0.25, 0.3) is 11.3 Å². The molecule has 1 aromatic heterocycles. The second-order valence-corrected chi connectivity index (χ2v) is 4.55. The van der Waals surface area contributed by atoms with E-state index in [1.165, 1.54) is 17.4 Å². The van der Waals surface area contributed by atoms with Gasteiger partial charge in [-0.05, 0) is 25.1 Å². The van der Waals surface area contributed by atoms with Crippen LogP contribution in [0.1, 0.15) is 4.88 Å². The summed E-state index contributed by atoms with van der Waals surface area (Å²) in [6, 6.07) is 3.75. The Labute approximate surface area is 104 Å². The Kier molecular flexibility index (Phi) is 3.16. The highest BCUT2D eigenvalue weighted by Gasteiger charge is 2.32. The van der Waals surface area contributed by atoms with Crippen LogP contribution >= 0.6 is 11.3 Å². The lowest BCUT2D eigenvalue weighted by Gasteiger charge is -2.11. The third-order valence-corrected chi connectivity index (χ3v) is 2.96. The molecule has 2 aromatic rings. The number of aromatic hydroxyl groups is 1. The highest BCUT2D eigenvalue weighted by atomic mass is 32.1. The molecule has 0 saturated heterocycles. The molecule has 1 aromatic carbocycles. The summed E-state index contributed by atoms with van der Waals surface area (Å²) in [4.78, 5) is 4.93. The number of alkyl halides is 3. The van der Waals surface area contributed by atoms with E-state index in [1.807, 2.05) is 6.92 Å². The molecule has 0 amide bonds. The van der Waals surface area contributed by atoms with Gasteiger partial charge in [0.2, 0.25) is 0 Å². The molecule has 3 nitrogen and oxygen atoms in total. The van der Waals surface area contributed by atoms with E-state index in [0.29, 0.717) is 11.3 Å². The van der Waals surface area contributed by atoms with Crippen molar-refractivity contribution < 1.29 is 23.0 Å². The molecule has 0 saturated carbocycles. The van der Waals surface area contributed by atoms with Gasteiger partial charge in [0, 0.05) is 10.4 Å². The number of rotatable bonds is 2. The normalized spacial score (nSPS) is 11.6.